The molecular weight excluding hydrogens is 402 g/mol. The van der Waals surface area contributed by atoms with Crippen LogP contribution >= 0.6 is 34.9 Å². The van der Waals surface area contributed by atoms with Gasteiger partial charge in [-0.3, -0.25) is 9.93 Å². The third kappa shape index (κ3) is 4.29. The molecule has 144 valence electrons. The number of thiazole rings is 1. The van der Waals surface area contributed by atoms with Gasteiger partial charge in [-0.05, 0) is 25.0 Å². The number of hydrogen-bond acceptors (Lipinski definition) is 6. The van der Waals surface area contributed by atoms with Crippen LogP contribution in [0.1, 0.15) is 42.9 Å². The molecule has 0 saturated heterocycles. The van der Waals surface area contributed by atoms with Crippen LogP contribution in [0.4, 0.5) is 0 Å². The largest absolute Gasteiger partial charge is 0.346 e. The number of fused-ring (bicyclic) bond motifs is 1. The summed E-state index contributed by atoms with van der Waals surface area (Å²) in [5, 5.41) is 13.7. The minimum atomic E-state index is -0.216. The van der Waals surface area contributed by atoms with Gasteiger partial charge in [0.25, 0.3) is 5.91 Å². The standard InChI is InChI=1S/C18H22ClN5OS2/c1-3-7-14(27-20)12(4-2)22-17(25)18-23-15(16(19)26-18)11-10-21-24-9-6-5-8-13(11)24/h5-6,8-10,12,14H,3-4,7,20H2,1-2H3,(H,22,25). The summed E-state index contributed by atoms with van der Waals surface area (Å²) in [6, 6.07) is 5.77. The highest BCUT2D eigenvalue weighted by Crippen LogP contribution is 2.35. The van der Waals surface area contributed by atoms with E-state index in [0.29, 0.717) is 15.0 Å². The Labute approximate surface area is 171 Å². The van der Waals surface area contributed by atoms with E-state index in [9.17, 15) is 4.79 Å². The van der Waals surface area contributed by atoms with Crippen LogP contribution in [0.25, 0.3) is 16.8 Å². The summed E-state index contributed by atoms with van der Waals surface area (Å²) in [6.07, 6.45) is 6.35. The number of halogens is 1. The second kappa shape index (κ2) is 9.05. The van der Waals surface area contributed by atoms with Crippen molar-refractivity contribution >= 4 is 46.3 Å². The summed E-state index contributed by atoms with van der Waals surface area (Å²) in [6.45, 7) is 4.16. The Balaban J connectivity index is 1.84. The van der Waals surface area contributed by atoms with E-state index in [-0.39, 0.29) is 17.2 Å². The van der Waals surface area contributed by atoms with Crippen molar-refractivity contribution in [3.63, 3.8) is 0 Å². The molecule has 0 saturated carbocycles. The van der Waals surface area contributed by atoms with E-state index in [4.69, 9.17) is 16.7 Å². The third-order valence-electron chi connectivity index (χ3n) is 4.41. The van der Waals surface area contributed by atoms with Crippen molar-refractivity contribution in [2.75, 3.05) is 0 Å². The van der Waals surface area contributed by atoms with Gasteiger partial charge in [0.1, 0.15) is 10.0 Å². The molecule has 0 fully saturated rings. The minimum absolute atomic E-state index is 0.00412. The van der Waals surface area contributed by atoms with E-state index in [1.165, 1.54) is 23.3 Å². The Morgan fingerprint density at radius 3 is 2.96 bits per heavy atom. The van der Waals surface area contributed by atoms with E-state index in [1.807, 2.05) is 31.3 Å². The molecule has 0 aliphatic heterocycles. The van der Waals surface area contributed by atoms with Gasteiger partial charge >= 0.3 is 0 Å². The van der Waals surface area contributed by atoms with Gasteiger partial charge in [0, 0.05) is 23.1 Å². The number of aromatic nitrogens is 3. The molecule has 9 heteroatoms. The number of carbonyl (C=O) groups excluding carboxylic acids is 1. The average molecular weight is 424 g/mol. The molecule has 0 aliphatic rings. The van der Waals surface area contributed by atoms with Crippen molar-refractivity contribution in [3.05, 3.63) is 39.9 Å². The first kappa shape index (κ1) is 20.1. The Kier molecular flexibility index (Phi) is 6.75. The molecule has 3 aromatic rings. The third-order valence-corrected chi connectivity index (χ3v) is 6.58. The summed E-state index contributed by atoms with van der Waals surface area (Å²) in [5.41, 5.74) is 2.29. The Morgan fingerprint density at radius 2 is 2.26 bits per heavy atom. The molecule has 6 nitrogen and oxygen atoms in total. The molecule has 0 aliphatic carbocycles. The number of pyridine rings is 1. The lowest BCUT2D eigenvalue weighted by Gasteiger charge is -2.24. The van der Waals surface area contributed by atoms with Gasteiger partial charge in [0.05, 0.1) is 11.7 Å². The topological polar surface area (TPSA) is 85.3 Å². The zero-order valence-electron chi connectivity index (χ0n) is 15.2. The average Bonchev–Trinajstić information content (AvgIpc) is 3.27. The van der Waals surface area contributed by atoms with Gasteiger partial charge in [0.2, 0.25) is 0 Å². The van der Waals surface area contributed by atoms with Crippen LogP contribution in [-0.4, -0.2) is 31.8 Å². The van der Waals surface area contributed by atoms with Crippen LogP contribution in [0, 0.1) is 0 Å². The number of hydrogen-bond donors (Lipinski definition) is 2. The summed E-state index contributed by atoms with van der Waals surface area (Å²) >= 11 is 8.89. The van der Waals surface area contributed by atoms with Crippen molar-refractivity contribution in [2.45, 2.75) is 44.4 Å². The van der Waals surface area contributed by atoms with Crippen molar-refractivity contribution in [1.82, 2.24) is 19.9 Å². The second-order valence-electron chi connectivity index (χ2n) is 6.18. The summed E-state index contributed by atoms with van der Waals surface area (Å²) in [7, 11) is 0. The zero-order chi connectivity index (χ0) is 19.4. The Morgan fingerprint density at radius 1 is 1.44 bits per heavy atom. The number of nitrogens with one attached hydrogen (secondary N) is 1. The fraction of sp³-hybridized carbons (Fsp3) is 0.389. The predicted octanol–water partition coefficient (Wildman–Crippen LogP) is 4.40. The first-order chi connectivity index (χ1) is 13.1. The maximum atomic E-state index is 12.7. The lowest BCUT2D eigenvalue weighted by atomic mass is 10.1. The second-order valence-corrected chi connectivity index (χ2v) is 8.66. The molecule has 2 atom stereocenters. The van der Waals surface area contributed by atoms with Crippen LogP contribution < -0.4 is 10.5 Å². The monoisotopic (exact) mass is 423 g/mol. The maximum Gasteiger partial charge on any atom is 0.280 e. The highest BCUT2D eigenvalue weighted by Gasteiger charge is 2.24. The number of amides is 1. The molecule has 0 bridgehead atoms. The van der Waals surface area contributed by atoms with Crippen LogP contribution in [0.5, 0.6) is 0 Å². The van der Waals surface area contributed by atoms with E-state index >= 15 is 0 Å². The quantitative estimate of drug-likeness (QED) is 0.524. The van der Waals surface area contributed by atoms with Gasteiger partial charge in [-0.15, -0.1) is 0 Å². The normalized spacial score (nSPS) is 13.6. The van der Waals surface area contributed by atoms with E-state index in [0.717, 1.165) is 30.3 Å². The molecule has 3 aromatic heterocycles. The minimum Gasteiger partial charge on any atom is -0.346 e. The Hall–Kier alpha value is -1.61. The number of nitrogens with two attached hydrogens (primary N) is 1. The summed E-state index contributed by atoms with van der Waals surface area (Å²) in [4.78, 5) is 17.2. The molecule has 3 N–H and O–H groups in total. The van der Waals surface area contributed by atoms with Gasteiger partial charge in [0.15, 0.2) is 5.01 Å². The van der Waals surface area contributed by atoms with Crippen molar-refractivity contribution in [3.8, 4) is 11.3 Å². The van der Waals surface area contributed by atoms with Crippen molar-refractivity contribution < 1.29 is 4.79 Å². The van der Waals surface area contributed by atoms with Gasteiger partial charge in [-0.2, -0.15) is 5.10 Å². The van der Waals surface area contributed by atoms with E-state index in [1.54, 1.807) is 10.7 Å². The molecule has 2 unspecified atom stereocenters. The smallest absolute Gasteiger partial charge is 0.280 e. The zero-order valence-corrected chi connectivity index (χ0v) is 17.6. The highest BCUT2D eigenvalue weighted by molar-refractivity contribution is 7.97. The summed E-state index contributed by atoms with van der Waals surface area (Å²) in [5.74, 6) is -0.216. The van der Waals surface area contributed by atoms with Gasteiger partial charge < -0.3 is 5.32 Å². The molecule has 0 spiro atoms. The molecule has 3 heterocycles. The molecule has 3 rings (SSSR count). The summed E-state index contributed by atoms with van der Waals surface area (Å²) < 4.78 is 2.23. The fourth-order valence-electron chi connectivity index (χ4n) is 3.02. The van der Waals surface area contributed by atoms with Gasteiger partial charge in [-0.25, -0.2) is 9.50 Å². The lowest BCUT2D eigenvalue weighted by molar-refractivity contribution is 0.0934. The first-order valence-electron chi connectivity index (χ1n) is 8.84. The van der Waals surface area contributed by atoms with Crippen molar-refractivity contribution in [1.29, 1.82) is 0 Å². The number of carbonyl (C=O) groups is 1. The molecule has 1 amide bonds. The highest BCUT2D eigenvalue weighted by atomic mass is 35.5. The number of nitrogens with zero attached hydrogens (tertiary/aromatic N) is 3. The SMILES string of the molecule is CCCC(SN)C(CC)NC(=O)c1nc(-c2cnn3ccccc23)c(Cl)s1. The van der Waals surface area contributed by atoms with Crippen LogP contribution in [0.2, 0.25) is 4.34 Å². The predicted molar refractivity (Wildman–Crippen MR) is 113 cm³/mol. The molecular formula is C18H22ClN5OS2. The van der Waals surface area contributed by atoms with E-state index in [2.05, 4.69) is 22.3 Å². The van der Waals surface area contributed by atoms with E-state index < -0.39 is 0 Å². The van der Waals surface area contributed by atoms with Crippen LogP contribution in [0.15, 0.2) is 30.6 Å². The lowest BCUT2D eigenvalue weighted by Crippen LogP contribution is -2.42. The van der Waals surface area contributed by atoms with Gasteiger partial charge in [-0.1, -0.05) is 61.2 Å². The van der Waals surface area contributed by atoms with Crippen molar-refractivity contribution in [2.24, 2.45) is 5.14 Å². The number of rotatable bonds is 8. The molecule has 0 aromatic carbocycles. The molecule has 0 radical (unpaired) electrons. The maximum absolute atomic E-state index is 12.7. The van der Waals surface area contributed by atoms with Crippen LogP contribution in [0.3, 0.4) is 0 Å². The molecule has 27 heavy (non-hydrogen) atoms. The first-order valence-corrected chi connectivity index (χ1v) is 11.0. The fourth-order valence-corrected chi connectivity index (χ4v) is 4.91. The van der Waals surface area contributed by atoms with Crippen LogP contribution in [-0.2, 0) is 0 Å². The Bertz CT molecular complexity index is 926.